The summed E-state index contributed by atoms with van der Waals surface area (Å²) < 4.78 is 11.9. The molecule has 4 heterocycles. The fourth-order valence-corrected chi connectivity index (χ4v) is 9.63. The maximum Gasteiger partial charge on any atom is 0.164 e. The van der Waals surface area contributed by atoms with Crippen LogP contribution in [0.5, 0.6) is 0 Å². The highest BCUT2D eigenvalue weighted by Gasteiger charge is 2.28. The van der Waals surface area contributed by atoms with Crippen LogP contribution < -0.4 is 0 Å². The van der Waals surface area contributed by atoms with E-state index in [1.807, 2.05) is 60.7 Å². The summed E-state index contributed by atoms with van der Waals surface area (Å²) in [5.41, 5.74) is 13.1. The van der Waals surface area contributed by atoms with Crippen molar-refractivity contribution in [2.24, 2.45) is 0 Å². The molecule has 0 unspecified atom stereocenters. The van der Waals surface area contributed by atoms with E-state index in [4.69, 9.17) is 19.4 Å². The zero-order chi connectivity index (χ0) is 41.4. The molecule has 0 aliphatic heterocycles. The van der Waals surface area contributed by atoms with Crippen LogP contribution in [0.4, 0.5) is 0 Å². The van der Waals surface area contributed by atoms with E-state index >= 15 is 0 Å². The Morgan fingerprint density at radius 1 is 0.349 bits per heavy atom. The zero-order valence-electron chi connectivity index (χ0n) is 33.9. The topological polar surface area (TPSA) is 61.7 Å². The lowest BCUT2D eigenvalue weighted by Crippen LogP contribution is -2.02. The number of hydrogen-bond acceptors (Lipinski definition) is 4. The predicted octanol–water partition coefficient (Wildman–Crippen LogP) is 14.6. The average Bonchev–Trinajstić information content (AvgIpc) is 4.03. The van der Waals surface area contributed by atoms with E-state index in [0.717, 1.165) is 99.4 Å². The molecule has 4 aromatic heterocycles. The van der Waals surface area contributed by atoms with Gasteiger partial charge in [-0.05, 0) is 54.1 Å². The molecular weight excluding hydrogens is 771 g/mol. The number of rotatable bonds is 6. The van der Waals surface area contributed by atoms with Crippen molar-refractivity contribution < 1.29 is 4.42 Å². The molecule has 0 saturated heterocycles. The molecule has 13 rings (SSSR count). The first-order valence-electron chi connectivity index (χ1n) is 21.2. The molecule has 0 amide bonds. The van der Waals surface area contributed by atoms with Gasteiger partial charge in [-0.3, -0.25) is 0 Å². The van der Waals surface area contributed by atoms with Gasteiger partial charge in [-0.25, -0.2) is 15.0 Å². The van der Waals surface area contributed by atoms with Gasteiger partial charge in [-0.2, -0.15) is 0 Å². The Labute approximate surface area is 361 Å². The van der Waals surface area contributed by atoms with Crippen LogP contribution in [-0.4, -0.2) is 24.1 Å². The van der Waals surface area contributed by atoms with E-state index in [2.05, 4.69) is 161 Å². The van der Waals surface area contributed by atoms with E-state index in [9.17, 15) is 0 Å². The highest BCUT2D eigenvalue weighted by Crippen LogP contribution is 2.50. The largest absolute Gasteiger partial charge is 0.455 e. The van der Waals surface area contributed by atoms with Crippen molar-refractivity contribution in [3.05, 3.63) is 212 Å². The Bertz CT molecular complexity index is 3830. The Morgan fingerprint density at radius 2 is 0.810 bits per heavy atom. The normalized spacial score (nSPS) is 11.8. The smallest absolute Gasteiger partial charge is 0.164 e. The third-order valence-electron chi connectivity index (χ3n) is 12.3. The molecule has 0 fully saturated rings. The second kappa shape index (κ2) is 14.0. The summed E-state index contributed by atoms with van der Waals surface area (Å²) in [6, 6.07) is 74.2. The first-order valence-corrected chi connectivity index (χ1v) is 21.2. The summed E-state index contributed by atoms with van der Waals surface area (Å²) in [6.07, 6.45) is 0. The Kier molecular flexibility index (Phi) is 7.80. The van der Waals surface area contributed by atoms with Crippen molar-refractivity contribution in [3.8, 4) is 56.7 Å². The summed E-state index contributed by atoms with van der Waals surface area (Å²) in [7, 11) is 0. The molecular formula is C57H35N5O. The SMILES string of the molecule is c1ccc(-c2nc(-c3ccccc3)nc(-c3ccc(-n4c5ccccc5c5c6c(c7ccccc7n6-c6ccccc6)c6oc7ccccc7c6c54)c(-c4ccccc4)c3)n2)cc1. The lowest BCUT2D eigenvalue weighted by atomic mass is 9.99. The van der Waals surface area contributed by atoms with Gasteiger partial charge >= 0.3 is 0 Å². The molecule has 0 spiro atoms. The molecule has 0 aliphatic carbocycles. The monoisotopic (exact) mass is 805 g/mol. The zero-order valence-corrected chi connectivity index (χ0v) is 33.9. The molecule has 63 heavy (non-hydrogen) atoms. The van der Waals surface area contributed by atoms with Crippen molar-refractivity contribution >= 4 is 65.6 Å². The van der Waals surface area contributed by atoms with Crippen LogP contribution in [-0.2, 0) is 0 Å². The molecule has 0 saturated carbocycles. The third-order valence-corrected chi connectivity index (χ3v) is 12.3. The van der Waals surface area contributed by atoms with Gasteiger partial charge in [0.15, 0.2) is 17.5 Å². The molecule has 0 N–H and O–H groups in total. The van der Waals surface area contributed by atoms with E-state index in [0.29, 0.717) is 17.5 Å². The Morgan fingerprint density at radius 3 is 1.44 bits per heavy atom. The first kappa shape index (κ1) is 35.2. The van der Waals surface area contributed by atoms with E-state index < -0.39 is 0 Å². The number of fused-ring (bicyclic) bond motifs is 12. The van der Waals surface area contributed by atoms with Gasteiger partial charge in [0.05, 0.1) is 38.5 Å². The summed E-state index contributed by atoms with van der Waals surface area (Å²) in [6.45, 7) is 0. The first-order chi connectivity index (χ1) is 31.3. The Balaban J connectivity index is 1.18. The number of para-hydroxylation sites is 4. The van der Waals surface area contributed by atoms with Gasteiger partial charge in [-0.15, -0.1) is 0 Å². The van der Waals surface area contributed by atoms with E-state index in [1.165, 1.54) is 5.39 Å². The second-order valence-corrected chi connectivity index (χ2v) is 15.9. The van der Waals surface area contributed by atoms with E-state index in [1.54, 1.807) is 0 Å². The maximum absolute atomic E-state index is 7.06. The number of furan rings is 1. The van der Waals surface area contributed by atoms with Crippen molar-refractivity contribution in [1.29, 1.82) is 0 Å². The molecule has 6 heteroatoms. The summed E-state index contributed by atoms with van der Waals surface area (Å²) in [5.74, 6) is 1.85. The molecule has 0 bridgehead atoms. The van der Waals surface area contributed by atoms with Crippen LogP contribution in [0.25, 0.3) is 122 Å². The fourth-order valence-electron chi connectivity index (χ4n) is 9.63. The minimum Gasteiger partial charge on any atom is -0.455 e. The molecule has 0 aliphatic rings. The third kappa shape index (κ3) is 5.41. The molecule has 9 aromatic carbocycles. The standard InChI is InChI=1S/C57H35N5O/c1-5-19-36(20-6-1)44-35-39(57-59-55(37-21-7-2-8-22-37)58-56(60-57)38-23-9-3-10-24-38)33-34-47(44)62-46-31-17-13-27-41(46)49-52-50(54-51(53(49)62)43-29-15-18-32-48(43)63-54)42-28-14-16-30-45(42)61(52)40-25-11-4-12-26-40/h1-35H. The number of benzene rings is 9. The maximum atomic E-state index is 7.06. The van der Waals surface area contributed by atoms with Gasteiger partial charge < -0.3 is 13.6 Å². The van der Waals surface area contributed by atoms with Gasteiger partial charge in [0.25, 0.3) is 0 Å². The van der Waals surface area contributed by atoms with Crippen LogP contribution in [0.2, 0.25) is 0 Å². The van der Waals surface area contributed by atoms with Crippen LogP contribution >= 0.6 is 0 Å². The second-order valence-electron chi connectivity index (χ2n) is 15.9. The van der Waals surface area contributed by atoms with Crippen LogP contribution in [0.1, 0.15) is 0 Å². The van der Waals surface area contributed by atoms with Gasteiger partial charge in [0.1, 0.15) is 11.2 Å². The van der Waals surface area contributed by atoms with Crippen LogP contribution in [0.15, 0.2) is 217 Å². The summed E-state index contributed by atoms with van der Waals surface area (Å²) in [5, 5.41) is 6.74. The lowest BCUT2D eigenvalue weighted by molar-refractivity contribution is 0.673. The van der Waals surface area contributed by atoms with Crippen LogP contribution in [0.3, 0.4) is 0 Å². The van der Waals surface area contributed by atoms with Crippen molar-refractivity contribution in [2.45, 2.75) is 0 Å². The highest BCUT2D eigenvalue weighted by molar-refractivity contribution is 6.39. The Hall–Kier alpha value is -8.61. The van der Waals surface area contributed by atoms with Gasteiger partial charge in [0.2, 0.25) is 0 Å². The van der Waals surface area contributed by atoms with Crippen LogP contribution in [0, 0.1) is 0 Å². The number of nitrogens with zero attached hydrogens (tertiary/aromatic N) is 5. The quantitative estimate of drug-likeness (QED) is 0.168. The molecule has 13 aromatic rings. The number of aromatic nitrogens is 5. The fraction of sp³-hybridized carbons (Fsp3) is 0. The van der Waals surface area contributed by atoms with Crippen molar-refractivity contribution in [3.63, 3.8) is 0 Å². The van der Waals surface area contributed by atoms with Gasteiger partial charge in [0, 0.05) is 49.5 Å². The summed E-state index contributed by atoms with van der Waals surface area (Å²) >= 11 is 0. The minimum absolute atomic E-state index is 0.603. The molecule has 6 nitrogen and oxygen atoms in total. The van der Waals surface area contributed by atoms with Crippen molar-refractivity contribution in [2.75, 3.05) is 0 Å². The molecule has 294 valence electrons. The lowest BCUT2D eigenvalue weighted by Gasteiger charge is -2.17. The average molecular weight is 806 g/mol. The number of hydrogen-bond donors (Lipinski definition) is 0. The minimum atomic E-state index is 0.603. The predicted molar refractivity (Wildman–Crippen MR) is 258 cm³/mol. The molecule has 0 atom stereocenters. The molecule has 0 radical (unpaired) electrons. The van der Waals surface area contributed by atoms with Gasteiger partial charge in [-0.1, -0.05) is 164 Å². The van der Waals surface area contributed by atoms with E-state index in [-0.39, 0.29) is 0 Å². The van der Waals surface area contributed by atoms with Crippen molar-refractivity contribution in [1.82, 2.24) is 24.1 Å². The highest BCUT2D eigenvalue weighted by atomic mass is 16.3. The summed E-state index contributed by atoms with van der Waals surface area (Å²) in [4.78, 5) is 15.3.